The molecule has 0 atom stereocenters. The SMILES string of the molecule is CC(C)=CCC/C(C)=C/COC(=O)CCC(=O)OCC(F)(F)C(F)(F)C(F)(F)C(F)F. The molecule has 0 aromatic carbocycles. The molecule has 4 nitrogen and oxygen atoms in total. The van der Waals surface area contributed by atoms with Crippen LogP contribution in [0.5, 0.6) is 0 Å². The number of hydrogen-bond donors (Lipinski definition) is 0. The van der Waals surface area contributed by atoms with Crippen LogP contribution in [0.2, 0.25) is 0 Å². The lowest BCUT2D eigenvalue weighted by Crippen LogP contribution is -2.59. The number of rotatable bonds is 13. The van der Waals surface area contributed by atoms with Crippen LogP contribution in [0.4, 0.5) is 35.1 Å². The molecule has 0 aromatic heterocycles. The molecule has 12 heteroatoms. The quantitative estimate of drug-likeness (QED) is 0.197. The predicted molar refractivity (Wildman–Crippen MR) is 94.4 cm³/mol. The molecule has 0 aliphatic heterocycles. The van der Waals surface area contributed by atoms with Crippen molar-refractivity contribution in [1.29, 1.82) is 0 Å². The highest BCUT2D eigenvalue weighted by Gasteiger charge is 2.75. The molecule has 0 heterocycles. The topological polar surface area (TPSA) is 52.6 Å². The summed E-state index contributed by atoms with van der Waals surface area (Å²) in [5.41, 5.74) is 2.07. The van der Waals surface area contributed by atoms with Crippen LogP contribution in [-0.2, 0) is 19.1 Å². The first-order chi connectivity index (χ1) is 14.0. The van der Waals surface area contributed by atoms with Crippen LogP contribution in [0.3, 0.4) is 0 Å². The molecule has 0 rings (SSSR count). The molecule has 180 valence electrons. The average Bonchev–Trinajstić information content (AvgIpc) is 2.64. The van der Waals surface area contributed by atoms with E-state index in [0.717, 1.165) is 24.0 Å². The van der Waals surface area contributed by atoms with Crippen LogP contribution < -0.4 is 0 Å². The van der Waals surface area contributed by atoms with Gasteiger partial charge in [0, 0.05) is 0 Å². The van der Waals surface area contributed by atoms with Crippen molar-refractivity contribution < 1.29 is 54.2 Å². The molecule has 0 radical (unpaired) electrons. The van der Waals surface area contributed by atoms with Gasteiger partial charge in [-0.1, -0.05) is 17.2 Å². The van der Waals surface area contributed by atoms with Gasteiger partial charge in [0.2, 0.25) is 0 Å². The molecule has 0 aliphatic carbocycles. The van der Waals surface area contributed by atoms with Gasteiger partial charge < -0.3 is 9.47 Å². The van der Waals surface area contributed by atoms with Crippen molar-refractivity contribution in [3.63, 3.8) is 0 Å². The van der Waals surface area contributed by atoms with Crippen molar-refractivity contribution in [3.8, 4) is 0 Å². The Morgan fingerprint density at radius 1 is 0.839 bits per heavy atom. The maximum Gasteiger partial charge on any atom is 0.381 e. The fourth-order valence-electron chi connectivity index (χ4n) is 1.96. The van der Waals surface area contributed by atoms with Crippen LogP contribution in [-0.4, -0.2) is 49.3 Å². The first-order valence-electron chi connectivity index (χ1n) is 9.06. The summed E-state index contributed by atoms with van der Waals surface area (Å²) in [6, 6.07) is 0. The fourth-order valence-corrected chi connectivity index (χ4v) is 1.96. The van der Waals surface area contributed by atoms with Gasteiger partial charge in [-0.15, -0.1) is 0 Å². The molecular formula is C19H24F8O4. The number of carbonyl (C=O) groups is 2. The second kappa shape index (κ2) is 12.0. The second-order valence-corrected chi connectivity index (χ2v) is 6.92. The third kappa shape index (κ3) is 9.26. The van der Waals surface area contributed by atoms with Crippen LogP contribution in [0.15, 0.2) is 23.3 Å². The molecular weight excluding hydrogens is 444 g/mol. The lowest BCUT2D eigenvalue weighted by atomic mass is 10.1. The van der Waals surface area contributed by atoms with Crippen LogP contribution in [0.1, 0.15) is 46.5 Å². The Balaban J connectivity index is 4.45. The molecule has 0 unspecified atom stereocenters. The zero-order valence-electron chi connectivity index (χ0n) is 17.1. The van der Waals surface area contributed by atoms with Crippen molar-refractivity contribution in [2.24, 2.45) is 0 Å². The highest BCUT2D eigenvalue weighted by Crippen LogP contribution is 2.48. The smallest absolute Gasteiger partial charge is 0.381 e. The first-order valence-corrected chi connectivity index (χ1v) is 9.06. The number of hydrogen-bond acceptors (Lipinski definition) is 4. The summed E-state index contributed by atoms with van der Waals surface area (Å²) in [6.45, 7) is 3.00. The van der Waals surface area contributed by atoms with Gasteiger partial charge in [-0.25, -0.2) is 8.78 Å². The second-order valence-electron chi connectivity index (χ2n) is 6.92. The molecule has 0 saturated heterocycles. The first kappa shape index (κ1) is 28.9. The highest BCUT2D eigenvalue weighted by molar-refractivity contribution is 5.77. The summed E-state index contributed by atoms with van der Waals surface area (Å²) in [7, 11) is 0. The maximum absolute atomic E-state index is 13.2. The van der Waals surface area contributed by atoms with E-state index >= 15 is 0 Å². The lowest BCUT2D eigenvalue weighted by Gasteiger charge is -2.31. The highest BCUT2D eigenvalue weighted by atomic mass is 19.4. The largest absolute Gasteiger partial charge is 0.461 e. The molecule has 0 spiro atoms. The van der Waals surface area contributed by atoms with E-state index < -0.39 is 55.6 Å². The van der Waals surface area contributed by atoms with E-state index in [4.69, 9.17) is 4.74 Å². The Morgan fingerprint density at radius 2 is 1.35 bits per heavy atom. The average molecular weight is 468 g/mol. The Labute approximate surface area is 174 Å². The van der Waals surface area contributed by atoms with E-state index in [9.17, 15) is 44.7 Å². The minimum Gasteiger partial charge on any atom is -0.461 e. The van der Waals surface area contributed by atoms with Crippen LogP contribution in [0.25, 0.3) is 0 Å². The predicted octanol–water partition coefficient (Wildman–Crippen LogP) is 5.72. The number of esters is 2. The van der Waals surface area contributed by atoms with Gasteiger partial charge >= 0.3 is 36.1 Å². The van der Waals surface area contributed by atoms with Gasteiger partial charge in [-0.3, -0.25) is 9.59 Å². The van der Waals surface area contributed by atoms with Crippen molar-refractivity contribution in [3.05, 3.63) is 23.3 Å². The van der Waals surface area contributed by atoms with Crippen molar-refractivity contribution in [2.45, 2.75) is 70.6 Å². The third-order valence-electron chi connectivity index (χ3n) is 3.87. The molecule has 0 fully saturated rings. The van der Waals surface area contributed by atoms with E-state index in [1.807, 2.05) is 19.9 Å². The number of ether oxygens (including phenoxy) is 2. The van der Waals surface area contributed by atoms with Gasteiger partial charge in [-0.05, 0) is 39.7 Å². The number of allylic oxidation sites excluding steroid dienone is 3. The number of alkyl halides is 8. The summed E-state index contributed by atoms with van der Waals surface area (Å²) in [5, 5.41) is 0. The third-order valence-corrected chi connectivity index (χ3v) is 3.87. The minimum absolute atomic E-state index is 0.123. The summed E-state index contributed by atoms with van der Waals surface area (Å²) in [6.07, 6.45) is -1.45. The van der Waals surface area contributed by atoms with Gasteiger partial charge in [0.1, 0.15) is 6.61 Å². The molecule has 0 bridgehead atoms. The zero-order valence-corrected chi connectivity index (χ0v) is 17.1. The van der Waals surface area contributed by atoms with Crippen LogP contribution in [0, 0.1) is 0 Å². The van der Waals surface area contributed by atoms with Crippen molar-refractivity contribution in [1.82, 2.24) is 0 Å². The van der Waals surface area contributed by atoms with Gasteiger partial charge in [-0.2, -0.15) is 26.3 Å². The molecule has 0 N–H and O–H groups in total. The molecule has 0 aromatic rings. The molecule has 0 aliphatic rings. The standard InChI is InChI=1S/C19H24F8O4/c1-12(2)5-4-6-13(3)9-10-30-14(28)7-8-15(29)31-11-17(22,23)19(26,27)18(24,25)16(20)21/h5,9,16H,4,6-8,10-11H2,1-3H3/b13-9+. The summed E-state index contributed by atoms with van der Waals surface area (Å²) in [5.74, 6) is -21.1. The number of carbonyl (C=O) groups excluding carboxylic acids is 2. The Morgan fingerprint density at radius 3 is 1.84 bits per heavy atom. The van der Waals surface area contributed by atoms with Gasteiger partial charge in [0.05, 0.1) is 12.8 Å². The Kier molecular flexibility index (Phi) is 11.2. The van der Waals surface area contributed by atoms with E-state index in [0.29, 0.717) is 0 Å². The molecule has 0 amide bonds. The Hall–Kier alpha value is -2.14. The fraction of sp³-hybridized carbons (Fsp3) is 0.684. The minimum atomic E-state index is -6.47. The van der Waals surface area contributed by atoms with E-state index in [-0.39, 0.29) is 6.61 Å². The molecule has 0 saturated carbocycles. The normalized spacial score (nSPS) is 13.2. The lowest BCUT2D eigenvalue weighted by molar-refractivity contribution is -0.344. The summed E-state index contributed by atoms with van der Waals surface area (Å²) < 4.78 is 110. The maximum atomic E-state index is 13.2. The monoisotopic (exact) mass is 468 g/mol. The van der Waals surface area contributed by atoms with E-state index in [2.05, 4.69) is 4.74 Å². The summed E-state index contributed by atoms with van der Waals surface area (Å²) in [4.78, 5) is 22.8. The number of halogens is 8. The van der Waals surface area contributed by atoms with Crippen molar-refractivity contribution >= 4 is 11.9 Å². The van der Waals surface area contributed by atoms with Gasteiger partial charge in [0.25, 0.3) is 0 Å². The summed E-state index contributed by atoms with van der Waals surface area (Å²) >= 11 is 0. The van der Waals surface area contributed by atoms with E-state index in [1.54, 1.807) is 13.0 Å². The van der Waals surface area contributed by atoms with Gasteiger partial charge in [0.15, 0.2) is 6.61 Å². The Bertz CT molecular complexity index is 668. The van der Waals surface area contributed by atoms with E-state index in [1.165, 1.54) is 0 Å². The van der Waals surface area contributed by atoms with Crippen LogP contribution >= 0.6 is 0 Å². The molecule has 31 heavy (non-hydrogen) atoms. The van der Waals surface area contributed by atoms with Crippen molar-refractivity contribution in [2.75, 3.05) is 13.2 Å². The zero-order chi connectivity index (χ0) is 24.5.